The second kappa shape index (κ2) is 6.50. The molecule has 4 nitrogen and oxygen atoms in total. The maximum Gasteiger partial charge on any atom is 0.307 e. The maximum atomic E-state index is 12.2. The quantitative estimate of drug-likeness (QED) is 0.816. The number of carboxylic acid groups (broad SMARTS) is 1. The molecule has 20 heavy (non-hydrogen) atoms. The number of thioether (sulfide) groups is 1. The van der Waals surface area contributed by atoms with E-state index in [1.165, 1.54) is 0 Å². The molecule has 2 atom stereocenters. The van der Waals surface area contributed by atoms with Gasteiger partial charge in [-0.1, -0.05) is 18.5 Å². The van der Waals surface area contributed by atoms with E-state index in [1.807, 2.05) is 13.0 Å². The van der Waals surface area contributed by atoms with Crippen LogP contribution in [0.25, 0.3) is 0 Å². The number of aliphatic carboxylic acids is 1. The van der Waals surface area contributed by atoms with E-state index in [4.69, 9.17) is 16.7 Å². The highest BCUT2D eigenvalue weighted by molar-refractivity contribution is 7.99. The summed E-state index contributed by atoms with van der Waals surface area (Å²) >= 11 is 7.56. The normalized spacial score (nSPS) is 21.1. The molecule has 1 aromatic carbocycles. The summed E-state index contributed by atoms with van der Waals surface area (Å²) in [6.45, 7) is 2.03. The molecule has 0 aromatic heterocycles. The minimum Gasteiger partial charge on any atom is -0.481 e. The summed E-state index contributed by atoms with van der Waals surface area (Å²) in [5.41, 5.74) is 0.658. The van der Waals surface area contributed by atoms with Crippen molar-refractivity contribution in [1.82, 2.24) is 0 Å². The van der Waals surface area contributed by atoms with Gasteiger partial charge in [0.15, 0.2) is 0 Å². The van der Waals surface area contributed by atoms with Gasteiger partial charge in [-0.25, -0.2) is 0 Å². The predicted octanol–water partition coefficient (Wildman–Crippen LogP) is 3.50. The average molecular weight is 314 g/mol. The van der Waals surface area contributed by atoms with Crippen molar-refractivity contribution in [2.45, 2.75) is 24.7 Å². The number of nitrogens with one attached hydrogen (secondary N) is 1. The molecule has 2 unspecified atom stereocenters. The Morgan fingerprint density at radius 1 is 1.40 bits per heavy atom. The number of carbonyl (C=O) groups is 2. The molecule has 1 aliphatic carbocycles. The fourth-order valence-corrected chi connectivity index (χ4v) is 3.13. The van der Waals surface area contributed by atoms with Crippen molar-refractivity contribution in [1.29, 1.82) is 0 Å². The molecule has 1 aromatic rings. The summed E-state index contributed by atoms with van der Waals surface area (Å²) in [7, 11) is 0. The fraction of sp³-hybridized carbons (Fsp3) is 0.429. The Labute approximate surface area is 126 Å². The summed E-state index contributed by atoms with van der Waals surface area (Å²) in [6, 6.07) is 5.34. The molecule has 6 heteroatoms. The largest absolute Gasteiger partial charge is 0.481 e. The lowest BCUT2D eigenvalue weighted by Gasteiger charge is -2.32. The van der Waals surface area contributed by atoms with Crippen molar-refractivity contribution in [2.75, 3.05) is 11.1 Å². The van der Waals surface area contributed by atoms with Crippen LogP contribution < -0.4 is 5.32 Å². The third-order valence-corrected chi connectivity index (χ3v) is 4.62. The Morgan fingerprint density at radius 2 is 2.10 bits per heavy atom. The Morgan fingerprint density at radius 3 is 2.65 bits per heavy atom. The molecule has 0 spiro atoms. The molecule has 1 aliphatic rings. The van der Waals surface area contributed by atoms with Crippen LogP contribution in [0.5, 0.6) is 0 Å². The molecule has 0 radical (unpaired) electrons. The fourth-order valence-electron chi connectivity index (χ4n) is 2.22. The standard InChI is InChI=1S/C14H16ClNO3S/c1-2-20-12-6-3-8(15)7-11(12)16-13(17)9-4-5-10(9)14(18)19/h3,6-7,9-10H,2,4-5H2,1H3,(H,16,17)(H,18,19). The van der Waals surface area contributed by atoms with Gasteiger partial charge in [0.25, 0.3) is 0 Å². The van der Waals surface area contributed by atoms with Crippen molar-refractivity contribution in [3.05, 3.63) is 23.2 Å². The number of hydrogen-bond donors (Lipinski definition) is 2. The first-order valence-electron chi connectivity index (χ1n) is 6.49. The van der Waals surface area contributed by atoms with Crippen LogP contribution in [-0.2, 0) is 9.59 Å². The highest BCUT2D eigenvalue weighted by Gasteiger charge is 2.41. The number of amides is 1. The van der Waals surface area contributed by atoms with Gasteiger partial charge in [0, 0.05) is 9.92 Å². The first-order chi connectivity index (χ1) is 9.52. The number of anilines is 1. The maximum absolute atomic E-state index is 12.2. The molecule has 1 amide bonds. The van der Waals surface area contributed by atoms with E-state index in [0.29, 0.717) is 23.6 Å². The lowest BCUT2D eigenvalue weighted by atomic mass is 9.73. The highest BCUT2D eigenvalue weighted by atomic mass is 35.5. The van der Waals surface area contributed by atoms with Gasteiger partial charge in [-0.2, -0.15) is 0 Å². The van der Waals surface area contributed by atoms with Crippen LogP contribution in [0.3, 0.4) is 0 Å². The molecule has 0 saturated heterocycles. The molecule has 1 fully saturated rings. The molecule has 0 heterocycles. The zero-order valence-electron chi connectivity index (χ0n) is 11.1. The summed E-state index contributed by atoms with van der Waals surface area (Å²) in [4.78, 5) is 24.1. The Hall–Kier alpha value is -1.20. The molecule has 2 N–H and O–H groups in total. The predicted molar refractivity (Wildman–Crippen MR) is 80.3 cm³/mol. The third-order valence-electron chi connectivity index (χ3n) is 3.43. The van der Waals surface area contributed by atoms with Crippen LogP contribution in [0.15, 0.2) is 23.1 Å². The number of hydrogen-bond acceptors (Lipinski definition) is 3. The van der Waals surface area contributed by atoms with Gasteiger partial charge in [-0.15, -0.1) is 11.8 Å². The van der Waals surface area contributed by atoms with Crippen LogP contribution in [0.1, 0.15) is 19.8 Å². The Kier molecular flexibility index (Phi) is 4.94. The first-order valence-corrected chi connectivity index (χ1v) is 7.85. The third kappa shape index (κ3) is 3.27. The van der Waals surface area contributed by atoms with Crippen molar-refractivity contribution >= 4 is 40.9 Å². The molecule has 108 valence electrons. The van der Waals surface area contributed by atoms with Gasteiger partial charge in [-0.05, 0) is 36.8 Å². The Bertz CT molecular complexity index is 535. The second-order valence-corrected chi connectivity index (χ2v) is 6.43. The van der Waals surface area contributed by atoms with E-state index >= 15 is 0 Å². The number of halogens is 1. The van der Waals surface area contributed by atoms with Crippen molar-refractivity contribution in [2.24, 2.45) is 11.8 Å². The van der Waals surface area contributed by atoms with E-state index in [-0.39, 0.29) is 5.91 Å². The van der Waals surface area contributed by atoms with Crippen LogP contribution in [0.4, 0.5) is 5.69 Å². The topological polar surface area (TPSA) is 66.4 Å². The number of benzene rings is 1. The highest BCUT2D eigenvalue weighted by Crippen LogP contribution is 2.37. The van der Waals surface area contributed by atoms with Crippen molar-refractivity contribution in [3.8, 4) is 0 Å². The minimum atomic E-state index is -0.898. The monoisotopic (exact) mass is 313 g/mol. The summed E-state index contributed by atoms with van der Waals surface area (Å²) in [6.07, 6.45) is 1.19. The minimum absolute atomic E-state index is 0.233. The van der Waals surface area contributed by atoms with E-state index in [2.05, 4.69) is 5.32 Å². The second-order valence-electron chi connectivity index (χ2n) is 4.69. The molecule has 1 saturated carbocycles. The molecule has 0 aliphatic heterocycles. The van der Waals surface area contributed by atoms with Crippen LogP contribution >= 0.6 is 23.4 Å². The zero-order chi connectivity index (χ0) is 14.7. The SMILES string of the molecule is CCSc1ccc(Cl)cc1NC(=O)C1CCC1C(=O)O. The van der Waals surface area contributed by atoms with Gasteiger partial charge in [0.05, 0.1) is 17.5 Å². The summed E-state index contributed by atoms with van der Waals surface area (Å²) < 4.78 is 0. The van der Waals surface area contributed by atoms with Gasteiger partial charge in [0.2, 0.25) is 5.91 Å². The average Bonchev–Trinajstić information content (AvgIpc) is 2.30. The first kappa shape index (κ1) is 15.2. The van der Waals surface area contributed by atoms with E-state index in [0.717, 1.165) is 10.6 Å². The Balaban J connectivity index is 2.11. The van der Waals surface area contributed by atoms with Crippen molar-refractivity contribution < 1.29 is 14.7 Å². The molecular weight excluding hydrogens is 298 g/mol. The number of rotatable bonds is 5. The van der Waals surface area contributed by atoms with Gasteiger partial charge in [0.1, 0.15) is 0 Å². The van der Waals surface area contributed by atoms with Crippen molar-refractivity contribution in [3.63, 3.8) is 0 Å². The smallest absolute Gasteiger partial charge is 0.307 e. The van der Waals surface area contributed by atoms with E-state index < -0.39 is 17.8 Å². The van der Waals surface area contributed by atoms with Gasteiger partial charge >= 0.3 is 5.97 Å². The zero-order valence-corrected chi connectivity index (χ0v) is 12.6. The lowest BCUT2D eigenvalue weighted by Crippen LogP contribution is -2.41. The molecule has 2 rings (SSSR count). The van der Waals surface area contributed by atoms with Crippen LogP contribution in [0, 0.1) is 11.8 Å². The van der Waals surface area contributed by atoms with Gasteiger partial charge in [-0.3, -0.25) is 9.59 Å². The van der Waals surface area contributed by atoms with Crippen LogP contribution in [0.2, 0.25) is 5.02 Å². The molecule has 0 bridgehead atoms. The molecular formula is C14H16ClNO3S. The van der Waals surface area contributed by atoms with Gasteiger partial charge < -0.3 is 10.4 Å². The summed E-state index contributed by atoms with van der Waals surface area (Å²) in [5, 5.41) is 12.4. The number of carboxylic acids is 1. The van der Waals surface area contributed by atoms with E-state index in [1.54, 1.807) is 23.9 Å². The number of carbonyl (C=O) groups excluding carboxylic acids is 1. The van der Waals surface area contributed by atoms with Crippen LogP contribution in [-0.4, -0.2) is 22.7 Å². The summed E-state index contributed by atoms with van der Waals surface area (Å²) in [5.74, 6) is -1.25. The van der Waals surface area contributed by atoms with E-state index in [9.17, 15) is 9.59 Å². The lowest BCUT2D eigenvalue weighted by molar-refractivity contribution is -0.151.